The maximum absolute atomic E-state index is 5.75. The van der Waals surface area contributed by atoms with Gasteiger partial charge in [0, 0.05) is 76.6 Å². The molecule has 0 N–H and O–H groups in total. The molecule has 7 nitrogen and oxygen atoms in total. The van der Waals surface area contributed by atoms with Crippen LogP contribution in [0.4, 0.5) is 0 Å². The highest BCUT2D eigenvalue weighted by molar-refractivity contribution is 6.34. The van der Waals surface area contributed by atoms with Crippen LogP contribution in [-0.2, 0) is 0 Å². The largest absolute Gasteiger partial charge is 0.309 e. The number of hydrogen-bond acceptors (Lipinski definition) is 4. The van der Waals surface area contributed by atoms with Crippen molar-refractivity contribution in [1.82, 2.24) is 33.3 Å². The SMILES string of the molecule is c1ccc(-c2cc3c4cc(-c5ccccc5)nc5c6c(-c7ccc(-n8c9ccccc9c9ccccc98)cc7)c7c8nc(-c9ccccc9)cc9c%10cc(-c%11ccccc%11)ncc%10n(c7cc6n(c3cn2)c45)c98)cc1. The molecule has 0 aliphatic heterocycles. The first kappa shape index (κ1) is 40.4. The Labute approximate surface area is 428 Å². The Hall–Kier alpha value is -10.2. The molecule has 9 aromatic heterocycles. The van der Waals surface area contributed by atoms with Gasteiger partial charge in [-0.25, -0.2) is 9.97 Å². The van der Waals surface area contributed by atoms with Gasteiger partial charge in [-0.05, 0) is 60.2 Å². The first-order valence-corrected chi connectivity index (χ1v) is 25.5. The van der Waals surface area contributed by atoms with E-state index in [1.807, 2.05) is 0 Å². The third-order valence-corrected chi connectivity index (χ3v) is 15.8. The molecule has 0 radical (unpaired) electrons. The lowest BCUT2D eigenvalue weighted by Gasteiger charge is -2.13. The lowest BCUT2D eigenvalue weighted by Crippen LogP contribution is -1.94. The molecule has 8 aromatic carbocycles. The Morgan fingerprint density at radius 3 is 1.11 bits per heavy atom. The Bertz CT molecular complexity index is 4840. The standard InChI is InChI=1S/C68H39N7/c1-5-17-40(18-6-1)52-33-48-50-35-54(42-21-9-3-10-22-42)71-65-63-58(74(67(50)65)60(48)38-69-52)37-59-64(62(63)44-29-31-45(32-30-44)73-56-27-15-13-25-46(56)47-26-14-16-28-57(47)73)66-68-51(36-55(72-66)43-23-11-4-12-24-43)49-34-53(41-19-7-2-8-20-41)70-39-61(49)75(59)68/h1-39H. The summed E-state index contributed by atoms with van der Waals surface area (Å²) < 4.78 is 7.24. The van der Waals surface area contributed by atoms with Crippen LogP contribution in [0, 0.1) is 0 Å². The molecule has 17 aromatic rings. The molecule has 9 heterocycles. The number of pyridine rings is 4. The predicted molar refractivity (Wildman–Crippen MR) is 308 cm³/mol. The number of hydrogen-bond donors (Lipinski definition) is 0. The summed E-state index contributed by atoms with van der Waals surface area (Å²) in [7, 11) is 0. The summed E-state index contributed by atoms with van der Waals surface area (Å²) in [5.41, 5.74) is 21.8. The molecule has 75 heavy (non-hydrogen) atoms. The minimum absolute atomic E-state index is 0.917. The van der Waals surface area contributed by atoms with Gasteiger partial charge in [0.25, 0.3) is 0 Å². The van der Waals surface area contributed by atoms with Crippen LogP contribution in [0.5, 0.6) is 0 Å². The fourth-order valence-electron chi connectivity index (χ4n) is 12.5. The van der Waals surface area contributed by atoms with Gasteiger partial charge < -0.3 is 13.4 Å². The molecule has 0 unspecified atom stereocenters. The zero-order chi connectivity index (χ0) is 48.9. The zero-order valence-corrected chi connectivity index (χ0v) is 40.1. The fourth-order valence-corrected chi connectivity index (χ4v) is 12.5. The van der Waals surface area contributed by atoms with Crippen molar-refractivity contribution in [1.29, 1.82) is 0 Å². The van der Waals surface area contributed by atoms with E-state index in [2.05, 4.69) is 250 Å². The van der Waals surface area contributed by atoms with Crippen LogP contribution >= 0.6 is 0 Å². The second-order valence-corrected chi connectivity index (χ2v) is 19.8. The summed E-state index contributed by atoms with van der Waals surface area (Å²) in [6, 6.07) is 80.2. The van der Waals surface area contributed by atoms with E-state index in [1.54, 1.807) is 0 Å². The predicted octanol–water partition coefficient (Wildman–Crippen LogP) is 17.0. The summed E-state index contributed by atoms with van der Waals surface area (Å²) in [4.78, 5) is 21.9. The van der Waals surface area contributed by atoms with Gasteiger partial charge in [0.15, 0.2) is 0 Å². The van der Waals surface area contributed by atoms with E-state index in [9.17, 15) is 0 Å². The first-order chi connectivity index (χ1) is 37.2. The molecule has 7 heteroatoms. The van der Waals surface area contributed by atoms with Crippen molar-refractivity contribution in [2.24, 2.45) is 0 Å². The number of aromatic nitrogens is 7. The van der Waals surface area contributed by atoms with Gasteiger partial charge in [-0.1, -0.05) is 170 Å². The Kier molecular flexibility index (Phi) is 8.15. The zero-order valence-electron chi connectivity index (χ0n) is 40.1. The van der Waals surface area contributed by atoms with Crippen molar-refractivity contribution in [3.8, 4) is 61.8 Å². The summed E-state index contributed by atoms with van der Waals surface area (Å²) in [5, 5.41) is 9.14. The Morgan fingerprint density at radius 1 is 0.280 bits per heavy atom. The van der Waals surface area contributed by atoms with Crippen molar-refractivity contribution < 1.29 is 0 Å². The monoisotopic (exact) mass is 953 g/mol. The molecule has 0 saturated carbocycles. The third kappa shape index (κ3) is 5.63. The number of fused-ring (bicyclic) bond motifs is 15. The topological polar surface area (TPSA) is 65.3 Å². The summed E-state index contributed by atoms with van der Waals surface area (Å²) >= 11 is 0. The molecule has 0 aliphatic carbocycles. The highest BCUT2D eigenvalue weighted by Crippen LogP contribution is 2.51. The van der Waals surface area contributed by atoms with Gasteiger partial charge in [0.05, 0.1) is 90.3 Å². The van der Waals surface area contributed by atoms with E-state index in [0.29, 0.717) is 0 Å². The van der Waals surface area contributed by atoms with Crippen molar-refractivity contribution in [2.75, 3.05) is 0 Å². The van der Waals surface area contributed by atoms with Gasteiger partial charge in [0.2, 0.25) is 0 Å². The highest BCUT2D eigenvalue weighted by atomic mass is 15.0. The van der Waals surface area contributed by atoms with E-state index in [-0.39, 0.29) is 0 Å². The van der Waals surface area contributed by atoms with Gasteiger partial charge >= 0.3 is 0 Å². The summed E-state index contributed by atoms with van der Waals surface area (Å²) in [6.07, 6.45) is 4.12. The minimum Gasteiger partial charge on any atom is -0.309 e. The van der Waals surface area contributed by atoms with E-state index >= 15 is 0 Å². The van der Waals surface area contributed by atoms with Gasteiger partial charge in [-0.15, -0.1) is 0 Å². The Balaban J connectivity index is 1.05. The molecular weight excluding hydrogens is 915 g/mol. The van der Waals surface area contributed by atoms with E-state index < -0.39 is 0 Å². The molecule has 17 rings (SSSR count). The van der Waals surface area contributed by atoms with Crippen LogP contribution in [0.1, 0.15) is 0 Å². The van der Waals surface area contributed by atoms with E-state index in [4.69, 9.17) is 19.9 Å². The molecule has 0 aliphatic rings. The first-order valence-electron chi connectivity index (χ1n) is 25.5. The molecule has 0 amide bonds. The third-order valence-electron chi connectivity index (χ3n) is 15.8. The number of benzene rings is 8. The maximum atomic E-state index is 5.75. The number of para-hydroxylation sites is 2. The molecule has 0 fully saturated rings. The van der Waals surface area contributed by atoms with Crippen molar-refractivity contribution >= 4 is 98.3 Å². The normalized spacial score (nSPS) is 12.3. The molecule has 0 bridgehead atoms. The average Bonchev–Trinajstić information content (AvgIpc) is 4.45. The molecule has 346 valence electrons. The fraction of sp³-hybridized carbons (Fsp3) is 0. The van der Waals surface area contributed by atoms with Crippen LogP contribution in [0.3, 0.4) is 0 Å². The lowest BCUT2D eigenvalue weighted by molar-refractivity contribution is 1.18. The Morgan fingerprint density at radius 2 is 0.667 bits per heavy atom. The van der Waals surface area contributed by atoms with Crippen LogP contribution in [0.2, 0.25) is 0 Å². The van der Waals surface area contributed by atoms with Gasteiger partial charge in [-0.3, -0.25) is 9.97 Å². The molecule has 0 spiro atoms. The van der Waals surface area contributed by atoms with Gasteiger partial charge in [0.1, 0.15) is 0 Å². The van der Waals surface area contributed by atoms with Gasteiger partial charge in [-0.2, -0.15) is 0 Å². The van der Waals surface area contributed by atoms with Crippen LogP contribution < -0.4 is 0 Å². The van der Waals surface area contributed by atoms with Crippen LogP contribution in [-0.4, -0.2) is 33.3 Å². The van der Waals surface area contributed by atoms with Crippen molar-refractivity contribution in [3.05, 3.63) is 237 Å². The molecule has 0 saturated heterocycles. The highest BCUT2D eigenvalue weighted by Gasteiger charge is 2.30. The second kappa shape index (κ2) is 15.1. The van der Waals surface area contributed by atoms with E-state index in [1.165, 1.54) is 21.8 Å². The smallest absolute Gasteiger partial charge is 0.0983 e. The van der Waals surface area contributed by atoms with Crippen molar-refractivity contribution in [3.63, 3.8) is 0 Å². The number of nitrogens with zero attached hydrogens (tertiary/aromatic N) is 7. The van der Waals surface area contributed by atoms with Crippen LogP contribution in [0.15, 0.2) is 237 Å². The average molecular weight is 954 g/mol. The quantitative estimate of drug-likeness (QED) is 0.167. The second-order valence-electron chi connectivity index (χ2n) is 19.8. The minimum atomic E-state index is 0.917. The molecular formula is C68H39N7. The molecule has 0 atom stereocenters. The van der Waals surface area contributed by atoms with Crippen LogP contribution in [0.25, 0.3) is 160 Å². The summed E-state index contributed by atoms with van der Waals surface area (Å²) in [5.74, 6) is 0. The number of rotatable bonds is 6. The summed E-state index contributed by atoms with van der Waals surface area (Å²) in [6.45, 7) is 0. The van der Waals surface area contributed by atoms with Crippen molar-refractivity contribution in [2.45, 2.75) is 0 Å². The lowest BCUT2D eigenvalue weighted by atomic mass is 9.95. The van der Waals surface area contributed by atoms with E-state index in [0.717, 1.165) is 138 Å². The maximum Gasteiger partial charge on any atom is 0.0983 e.